The molecule has 0 atom stereocenters. The van der Waals surface area contributed by atoms with Crippen molar-refractivity contribution >= 4 is 18.2 Å². The highest BCUT2D eigenvalue weighted by molar-refractivity contribution is 5.53. The third-order valence-electron chi connectivity index (χ3n) is 3.47. The summed E-state index contributed by atoms with van der Waals surface area (Å²) in [6.07, 6.45) is 5.49. The molecule has 132 valence electrons. The molecule has 1 N–H and O–H groups in total. The Morgan fingerprint density at radius 3 is 1.15 bits per heavy atom. The number of benzene rings is 3. The zero-order valence-corrected chi connectivity index (χ0v) is 15.1. The minimum atomic E-state index is 0.140. The molecule has 3 aromatic rings. The maximum atomic E-state index is 8.54. The molecule has 0 spiro atoms. The van der Waals surface area contributed by atoms with E-state index in [9.17, 15) is 0 Å². The lowest BCUT2D eigenvalue weighted by Gasteiger charge is -1.92. The Morgan fingerprint density at radius 1 is 0.538 bits per heavy atom. The molecule has 0 aliphatic carbocycles. The van der Waals surface area contributed by atoms with E-state index in [2.05, 4.69) is 19.7 Å². The van der Waals surface area contributed by atoms with Gasteiger partial charge in [0.2, 0.25) is 0 Å². The van der Waals surface area contributed by atoms with Gasteiger partial charge in [0, 0.05) is 0 Å². The first-order chi connectivity index (χ1) is 12.7. The quantitative estimate of drug-likeness (QED) is 0.575. The Kier molecular flexibility index (Phi) is 10.6. The van der Waals surface area contributed by atoms with Crippen LogP contribution in [-0.2, 0) is 6.61 Å². The summed E-state index contributed by atoms with van der Waals surface area (Å²) in [5.41, 5.74) is 4.43. The van der Waals surface area contributed by atoms with Crippen molar-refractivity contribution in [3.05, 3.63) is 127 Å². The molecule has 1 heteroatoms. The van der Waals surface area contributed by atoms with Gasteiger partial charge in [-0.2, -0.15) is 0 Å². The van der Waals surface area contributed by atoms with Crippen LogP contribution in [0, 0.1) is 0 Å². The molecule has 0 saturated carbocycles. The molecule has 26 heavy (non-hydrogen) atoms. The summed E-state index contributed by atoms with van der Waals surface area (Å²) in [5.74, 6) is 0. The van der Waals surface area contributed by atoms with Crippen LogP contribution < -0.4 is 0 Å². The molecular formula is C25H26O. The van der Waals surface area contributed by atoms with Gasteiger partial charge < -0.3 is 5.11 Å². The monoisotopic (exact) mass is 342 g/mol. The number of aliphatic hydroxyl groups is 1. The van der Waals surface area contributed by atoms with Gasteiger partial charge >= 0.3 is 0 Å². The van der Waals surface area contributed by atoms with Crippen molar-refractivity contribution < 1.29 is 5.11 Å². The van der Waals surface area contributed by atoms with Crippen molar-refractivity contribution in [3.63, 3.8) is 0 Å². The lowest BCUT2D eigenvalue weighted by Crippen LogP contribution is -1.77. The first kappa shape index (κ1) is 20.9. The Balaban J connectivity index is 0.000000197. The number of hydrogen-bond donors (Lipinski definition) is 1. The van der Waals surface area contributed by atoms with Crippen LogP contribution in [0.25, 0.3) is 18.2 Å². The third kappa shape index (κ3) is 8.62. The van der Waals surface area contributed by atoms with Gasteiger partial charge in [0.1, 0.15) is 0 Å². The fraction of sp³-hybridized carbons (Fsp3) is 0.0400. The first-order valence-electron chi connectivity index (χ1n) is 8.40. The fourth-order valence-electron chi connectivity index (χ4n) is 1.94. The normalized spacial score (nSPS) is 8.81. The molecule has 0 bridgehead atoms. The van der Waals surface area contributed by atoms with E-state index in [1.54, 1.807) is 0 Å². The van der Waals surface area contributed by atoms with Crippen LogP contribution in [0.5, 0.6) is 0 Å². The smallest absolute Gasteiger partial charge is 0.0681 e. The van der Waals surface area contributed by atoms with Crippen molar-refractivity contribution in [2.45, 2.75) is 6.61 Å². The van der Waals surface area contributed by atoms with Gasteiger partial charge in [0.05, 0.1) is 6.61 Å². The van der Waals surface area contributed by atoms with E-state index in [0.717, 1.165) is 16.7 Å². The number of rotatable bonds is 4. The topological polar surface area (TPSA) is 20.2 Å². The highest BCUT2D eigenvalue weighted by atomic mass is 16.3. The minimum absolute atomic E-state index is 0.140. The number of hydrogen-bond acceptors (Lipinski definition) is 1. The summed E-state index contributed by atoms with van der Waals surface area (Å²) in [5, 5.41) is 8.54. The van der Waals surface area contributed by atoms with Gasteiger partial charge in [0.25, 0.3) is 0 Å². The molecule has 0 radical (unpaired) electrons. The Bertz CT molecular complexity index is 729. The molecular weight excluding hydrogens is 316 g/mol. The van der Waals surface area contributed by atoms with Gasteiger partial charge in [-0.15, -0.1) is 0 Å². The largest absolute Gasteiger partial charge is 0.392 e. The van der Waals surface area contributed by atoms with Crippen LogP contribution in [0.1, 0.15) is 22.3 Å². The molecule has 1 nitrogen and oxygen atoms in total. The average molecular weight is 342 g/mol. The second-order valence-electron chi connectivity index (χ2n) is 5.33. The van der Waals surface area contributed by atoms with Gasteiger partial charge in [-0.1, -0.05) is 123 Å². The molecule has 0 saturated heterocycles. The summed E-state index contributed by atoms with van der Waals surface area (Å²) < 4.78 is 0. The number of aliphatic hydroxyl groups excluding tert-OH is 1. The summed E-state index contributed by atoms with van der Waals surface area (Å²) in [6, 6.07) is 27.6. The van der Waals surface area contributed by atoms with E-state index in [0.29, 0.717) is 0 Å². The molecule has 0 aliphatic heterocycles. The molecule has 0 amide bonds. The lowest BCUT2D eigenvalue weighted by molar-refractivity contribution is 0.282. The van der Waals surface area contributed by atoms with Gasteiger partial charge in [-0.25, -0.2) is 0 Å². The van der Waals surface area contributed by atoms with Crippen LogP contribution in [0.4, 0.5) is 0 Å². The molecule has 0 fully saturated rings. The third-order valence-corrected chi connectivity index (χ3v) is 3.47. The Morgan fingerprint density at radius 2 is 0.885 bits per heavy atom. The average Bonchev–Trinajstić information content (AvgIpc) is 2.76. The second kappa shape index (κ2) is 13.2. The predicted molar refractivity (Wildman–Crippen MR) is 116 cm³/mol. The Hall–Kier alpha value is -3.16. The maximum Gasteiger partial charge on any atom is 0.0681 e. The summed E-state index contributed by atoms with van der Waals surface area (Å²) >= 11 is 0. The van der Waals surface area contributed by atoms with Crippen molar-refractivity contribution in [3.8, 4) is 0 Å². The molecule has 0 unspecified atom stereocenters. The zero-order valence-electron chi connectivity index (χ0n) is 15.1. The summed E-state index contributed by atoms with van der Waals surface area (Å²) in [4.78, 5) is 0. The van der Waals surface area contributed by atoms with Gasteiger partial charge in [-0.05, 0) is 22.3 Å². The van der Waals surface area contributed by atoms with Gasteiger partial charge in [0.15, 0.2) is 0 Å². The second-order valence-corrected chi connectivity index (χ2v) is 5.33. The predicted octanol–water partition coefficient (Wildman–Crippen LogP) is 6.48. The van der Waals surface area contributed by atoms with Crippen LogP contribution in [0.15, 0.2) is 105 Å². The van der Waals surface area contributed by atoms with Gasteiger partial charge in [-0.3, -0.25) is 0 Å². The van der Waals surface area contributed by atoms with Crippen molar-refractivity contribution in [2.75, 3.05) is 0 Å². The first-order valence-corrected chi connectivity index (χ1v) is 8.40. The Labute approximate surface area is 157 Å². The van der Waals surface area contributed by atoms with Crippen molar-refractivity contribution in [2.24, 2.45) is 0 Å². The molecule has 3 aromatic carbocycles. The van der Waals surface area contributed by atoms with E-state index in [4.69, 9.17) is 5.11 Å². The SMILES string of the molecule is C=Cc1ccc(C=C)cc1.C=Cc1ccccc1.OCc1ccccc1. The van der Waals surface area contributed by atoms with E-state index in [-0.39, 0.29) is 6.61 Å². The van der Waals surface area contributed by atoms with Crippen LogP contribution >= 0.6 is 0 Å². The molecule has 0 heterocycles. The molecule has 0 aliphatic rings. The van der Waals surface area contributed by atoms with Crippen molar-refractivity contribution in [1.29, 1.82) is 0 Å². The summed E-state index contributed by atoms with van der Waals surface area (Å²) in [6.45, 7) is 11.1. The highest BCUT2D eigenvalue weighted by Gasteiger charge is 1.84. The highest BCUT2D eigenvalue weighted by Crippen LogP contribution is 2.05. The lowest BCUT2D eigenvalue weighted by atomic mass is 10.1. The van der Waals surface area contributed by atoms with Crippen molar-refractivity contribution in [1.82, 2.24) is 0 Å². The molecule has 0 aromatic heterocycles. The van der Waals surface area contributed by atoms with E-state index in [1.807, 2.05) is 103 Å². The summed E-state index contributed by atoms with van der Waals surface area (Å²) in [7, 11) is 0. The van der Waals surface area contributed by atoms with Crippen LogP contribution in [-0.4, -0.2) is 5.11 Å². The van der Waals surface area contributed by atoms with Crippen LogP contribution in [0.2, 0.25) is 0 Å². The zero-order chi connectivity index (χ0) is 19.0. The minimum Gasteiger partial charge on any atom is -0.392 e. The standard InChI is InChI=1S/C10H10.C8H8.C7H8O/c1-3-9-5-7-10(4-2)8-6-9;1-2-8-6-4-3-5-7-8;8-6-7-4-2-1-3-5-7/h3-8H,1-2H2;2-7H,1H2;1-5,8H,6H2. The van der Waals surface area contributed by atoms with E-state index >= 15 is 0 Å². The molecule has 3 rings (SSSR count). The fourth-order valence-corrected chi connectivity index (χ4v) is 1.94. The van der Waals surface area contributed by atoms with Crippen LogP contribution in [0.3, 0.4) is 0 Å². The maximum absolute atomic E-state index is 8.54. The van der Waals surface area contributed by atoms with E-state index < -0.39 is 0 Å². The van der Waals surface area contributed by atoms with E-state index in [1.165, 1.54) is 5.56 Å².